The molecular formula is C15H17NO2S. The number of rotatable bonds is 6. The van der Waals surface area contributed by atoms with Crippen LogP contribution in [0.5, 0.6) is 11.5 Å². The third-order valence-electron chi connectivity index (χ3n) is 2.54. The molecule has 4 heteroatoms. The molecule has 0 aromatic heterocycles. The summed E-state index contributed by atoms with van der Waals surface area (Å²) < 4.78 is 10.9. The number of ether oxygens (including phenoxy) is 2. The van der Waals surface area contributed by atoms with Crippen molar-refractivity contribution >= 4 is 17.4 Å². The maximum Gasteiger partial charge on any atom is 0.163 e. The van der Waals surface area contributed by atoms with E-state index in [2.05, 4.69) is 12.1 Å². The van der Waals surface area contributed by atoms with Crippen LogP contribution < -0.4 is 15.2 Å². The Morgan fingerprint density at radius 1 is 1.05 bits per heavy atom. The smallest absolute Gasteiger partial charge is 0.163 e. The fraction of sp³-hybridized carbons (Fsp3) is 0.200. The van der Waals surface area contributed by atoms with Gasteiger partial charge in [-0.05, 0) is 24.3 Å². The molecule has 0 aliphatic heterocycles. The summed E-state index contributed by atoms with van der Waals surface area (Å²) in [5.41, 5.74) is 6.41. The molecule has 0 fully saturated rings. The van der Waals surface area contributed by atoms with Crippen LogP contribution in [-0.2, 0) is 0 Å². The Morgan fingerprint density at radius 3 is 2.58 bits per heavy atom. The van der Waals surface area contributed by atoms with Gasteiger partial charge in [-0.3, -0.25) is 0 Å². The van der Waals surface area contributed by atoms with Gasteiger partial charge in [0.15, 0.2) is 11.5 Å². The molecule has 0 aliphatic carbocycles. The first-order chi connectivity index (χ1) is 9.29. The predicted octanol–water partition coefficient (Wildman–Crippen LogP) is 3.45. The molecule has 3 nitrogen and oxygen atoms in total. The molecule has 2 N–H and O–H groups in total. The average molecular weight is 275 g/mol. The molecule has 2 aromatic carbocycles. The van der Waals surface area contributed by atoms with Gasteiger partial charge in [0.25, 0.3) is 0 Å². The number of hydrogen-bond acceptors (Lipinski definition) is 4. The van der Waals surface area contributed by atoms with Crippen molar-refractivity contribution < 1.29 is 9.47 Å². The number of anilines is 1. The van der Waals surface area contributed by atoms with E-state index in [0.29, 0.717) is 23.8 Å². The topological polar surface area (TPSA) is 44.5 Å². The SMILES string of the molecule is COc1ccc(N)cc1OCCSc1ccccc1. The Kier molecular flexibility index (Phi) is 4.98. The van der Waals surface area contributed by atoms with Crippen LogP contribution in [0.1, 0.15) is 0 Å². The molecule has 0 amide bonds. The number of benzene rings is 2. The Bertz CT molecular complexity index is 517. The third-order valence-corrected chi connectivity index (χ3v) is 3.52. The minimum atomic E-state index is 0.610. The van der Waals surface area contributed by atoms with Crippen molar-refractivity contribution in [2.75, 3.05) is 25.2 Å². The van der Waals surface area contributed by atoms with Gasteiger partial charge < -0.3 is 15.2 Å². The van der Waals surface area contributed by atoms with Gasteiger partial charge >= 0.3 is 0 Å². The van der Waals surface area contributed by atoms with Crippen LogP contribution in [0, 0.1) is 0 Å². The molecule has 100 valence electrons. The van der Waals surface area contributed by atoms with Crippen molar-refractivity contribution in [3.8, 4) is 11.5 Å². The summed E-state index contributed by atoms with van der Waals surface area (Å²) in [6.45, 7) is 0.610. The van der Waals surface area contributed by atoms with Crippen LogP contribution >= 0.6 is 11.8 Å². The highest BCUT2D eigenvalue weighted by Gasteiger charge is 2.04. The highest BCUT2D eigenvalue weighted by atomic mass is 32.2. The fourth-order valence-electron chi connectivity index (χ4n) is 1.63. The summed E-state index contributed by atoms with van der Waals surface area (Å²) >= 11 is 1.76. The van der Waals surface area contributed by atoms with Gasteiger partial charge in [-0.2, -0.15) is 0 Å². The predicted molar refractivity (Wildman–Crippen MR) is 80.1 cm³/mol. The summed E-state index contributed by atoms with van der Waals surface area (Å²) in [6.07, 6.45) is 0. The van der Waals surface area contributed by atoms with Gasteiger partial charge in [0.2, 0.25) is 0 Å². The van der Waals surface area contributed by atoms with Gasteiger partial charge in [-0.25, -0.2) is 0 Å². The van der Waals surface area contributed by atoms with Crippen LogP contribution in [0.3, 0.4) is 0 Å². The number of methoxy groups -OCH3 is 1. The highest BCUT2D eigenvalue weighted by molar-refractivity contribution is 7.99. The molecule has 2 aromatic rings. The average Bonchev–Trinajstić information content (AvgIpc) is 2.45. The molecule has 0 unspecified atom stereocenters. The molecule has 0 spiro atoms. The summed E-state index contributed by atoms with van der Waals surface area (Å²) in [7, 11) is 1.62. The van der Waals surface area contributed by atoms with Crippen molar-refractivity contribution in [3.63, 3.8) is 0 Å². The number of nitrogens with two attached hydrogens (primary N) is 1. The van der Waals surface area contributed by atoms with E-state index in [1.807, 2.05) is 24.3 Å². The summed E-state index contributed by atoms with van der Waals surface area (Å²) in [4.78, 5) is 1.24. The van der Waals surface area contributed by atoms with E-state index in [1.165, 1.54) is 4.90 Å². The van der Waals surface area contributed by atoms with Crippen molar-refractivity contribution in [1.82, 2.24) is 0 Å². The van der Waals surface area contributed by atoms with Crippen molar-refractivity contribution in [1.29, 1.82) is 0 Å². The quantitative estimate of drug-likeness (QED) is 0.498. The Morgan fingerprint density at radius 2 is 1.84 bits per heavy atom. The first-order valence-corrected chi connectivity index (χ1v) is 7.02. The lowest BCUT2D eigenvalue weighted by atomic mass is 10.3. The zero-order chi connectivity index (χ0) is 13.5. The molecular weight excluding hydrogens is 258 g/mol. The maximum atomic E-state index is 5.74. The van der Waals surface area contributed by atoms with Crippen molar-refractivity contribution in [2.24, 2.45) is 0 Å². The highest BCUT2D eigenvalue weighted by Crippen LogP contribution is 2.29. The summed E-state index contributed by atoms with van der Waals surface area (Å²) in [5, 5.41) is 0. The lowest BCUT2D eigenvalue weighted by molar-refractivity contribution is 0.314. The van der Waals surface area contributed by atoms with E-state index in [4.69, 9.17) is 15.2 Å². The Labute approximate surface area is 117 Å². The second-order valence-electron chi connectivity index (χ2n) is 3.92. The maximum absolute atomic E-state index is 5.74. The van der Waals surface area contributed by atoms with Crippen molar-refractivity contribution in [2.45, 2.75) is 4.90 Å². The molecule has 0 aliphatic rings. The van der Waals surface area contributed by atoms with E-state index >= 15 is 0 Å². The van der Waals surface area contributed by atoms with Crippen LogP contribution in [0.25, 0.3) is 0 Å². The largest absolute Gasteiger partial charge is 0.493 e. The second-order valence-corrected chi connectivity index (χ2v) is 5.09. The van der Waals surface area contributed by atoms with Crippen molar-refractivity contribution in [3.05, 3.63) is 48.5 Å². The van der Waals surface area contributed by atoms with Crippen LogP contribution in [0.4, 0.5) is 5.69 Å². The zero-order valence-corrected chi connectivity index (χ0v) is 11.7. The zero-order valence-electron chi connectivity index (χ0n) is 10.8. The first-order valence-electron chi connectivity index (χ1n) is 6.04. The number of hydrogen-bond donors (Lipinski definition) is 1. The van der Waals surface area contributed by atoms with Gasteiger partial charge in [0, 0.05) is 22.4 Å². The van der Waals surface area contributed by atoms with E-state index < -0.39 is 0 Å². The lowest BCUT2D eigenvalue weighted by Crippen LogP contribution is -2.02. The minimum absolute atomic E-state index is 0.610. The van der Waals surface area contributed by atoms with E-state index in [-0.39, 0.29) is 0 Å². The van der Waals surface area contributed by atoms with Gasteiger partial charge in [0.05, 0.1) is 13.7 Å². The standard InChI is InChI=1S/C15H17NO2S/c1-17-14-8-7-12(16)11-15(14)18-9-10-19-13-5-3-2-4-6-13/h2-8,11H,9-10,16H2,1H3. The molecule has 0 atom stereocenters. The van der Waals surface area contributed by atoms with Gasteiger partial charge in [-0.1, -0.05) is 18.2 Å². The van der Waals surface area contributed by atoms with E-state index in [1.54, 1.807) is 31.0 Å². The fourth-order valence-corrected chi connectivity index (χ4v) is 2.39. The normalized spacial score (nSPS) is 10.2. The van der Waals surface area contributed by atoms with Crippen LogP contribution in [-0.4, -0.2) is 19.5 Å². The molecule has 0 saturated heterocycles. The second kappa shape index (κ2) is 6.95. The molecule has 19 heavy (non-hydrogen) atoms. The first kappa shape index (κ1) is 13.6. The number of nitrogen functional groups attached to an aromatic ring is 1. The van der Waals surface area contributed by atoms with Crippen LogP contribution in [0.15, 0.2) is 53.4 Å². The molecule has 0 radical (unpaired) electrons. The Hall–Kier alpha value is -1.81. The van der Waals surface area contributed by atoms with E-state index in [0.717, 1.165) is 5.75 Å². The monoisotopic (exact) mass is 275 g/mol. The van der Waals surface area contributed by atoms with Gasteiger partial charge in [0.1, 0.15) is 0 Å². The van der Waals surface area contributed by atoms with E-state index in [9.17, 15) is 0 Å². The molecule has 0 heterocycles. The molecule has 0 saturated carbocycles. The minimum Gasteiger partial charge on any atom is -0.493 e. The molecule has 0 bridgehead atoms. The van der Waals surface area contributed by atoms with Gasteiger partial charge in [-0.15, -0.1) is 11.8 Å². The summed E-state index contributed by atoms with van der Waals surface area (Å²) in [6, 6.07) is 15.6. The molecule has 2 rings (SSSR count). The van der Waals surface area contributed by atoms with Crippen LogP contribution in [0.2, 0.25) is 0 Å². The number of thioether (sulfide) groups is 1. The lowest BCUT2D eigenvalue weighted by Gasteiger charge is -2.11. The third kappa shape index (κ3) is 4.10. The summed E-state index contributed by atoms with van der Waals surface area (Å²) in [5.74, 6) is 2.28. The Balaban J connectivity index is 1.84.